The predicted octanol–water partition coefficient (Wildman–Crippen LogP) is 2.52. The van der Waals surface area contributed by atoms with Crippen LogP contribution in [0, 0.1) is 0 Å². The molecule has 134 valence electrons. The van der Waals surface area contributed by atoms with E-state index in [1.807, 2.05) is 0 Å². The molecule has 0 unspecified atom stereocenters. The summed E-state index contributed by atoms with van der Waals surface area (Å²) in [6.45, 7) is 0. The van der Waals surface area contributed by atoms with Crippen molar-refractivity contribution >= 4 is 17.3 Å². The average molecular weight is 363 g/mol. The van der Waals surface area contributed by atoms with E-state index in [1.54, 1.807) is 24.4 Å². The summed E-state index contributed by atoms with van der Waals surface area (Å²) >= 11 is 0. The van der Waals surface area contributed by atoms with E-state index in [2.05, 4.69) is 25.5 Å². The number of nitrogens with zero attached hydrogens (tertiary/aromatic N) is 5. The summed E-state index contributed by atoms with van der Waals surface area (Å²) in [4.78, 5) is 7.78. The van der Waals surface area contributed by atoms with Crippen LogP contribution in [0.2, 0.25) is 0 Å². The number of aromatic nitrogens is 4. The Morgan fingerprint density at radius 3 is 2.50 bits per heavy atom. The highest BCUT2D eigenvalue weighted by molar-refractivity contribution is 5.95. The Bertz CT molecular complexity index is 918. The molecule has 11 heteroatoms. The van der Waals surface area contributed by atoms with Gasteiger partial charge in [0.25, 0.3) is 0 Å². The van der Waals surface area contributed by atoms with Crippen LogP contribution in [0.3, 0.4) is 0 Å². The smallest absolute Gasteiger partial charge is 0.409 e. The monoisotopic (exact) mass is 363 g/mol. The fraction of sp³-hybridized carbons (Fsp3) is 0.0667. The van der Waals surface area contributed by atoms with Crippen molar-refractivity contribution in [1.82, 2.24) is 19.7 Å². The number of halogens is 3. The average Bonchev–Trinajstić information content (AvgIpc) is 3.09. The van der Waals surface area contributed by atoms with Crippen LogP contribution in [0.25, 0.3) is 5.82 Å². The highest BCUT2D eigenvalue weighted by Gasteiger charge is 2.30. The Kier molecular flexibility index (Phi) is 4.43. The van der Waals surface area contributed by atoms with Crippen molar-refractivity contribution in [3.05, 3.63) is 60.2 Å². The zero-order valence-electron chi connectivity index (χ0n) is 13.0. The first-order valence-electron chi connectivity index (χ1n) is 7.17. The normalized spacial score (nSPS) is 12.2. The summed E-state index contributed by atoms with van der Waals surface area (Å²) in [5.74, 6) is 0.561. The molecule has 4 N–H and O–H groups in total. The van der Waals surface area contributed by atoms with E-state index in [4.69, 9.17) is 10.9 Å². The second-order valence-electron chi connectivity index (χ2n) is 5.09. The van der Waals surface area contributed by atoms with Crippen LogP contribution in [0.4, 0.5) is 24.7 Å². The van der Waals surface area contributed by atoms with Crippen molar-refractivity contribution < 1.29 is 18.4 Å². The molecule has 0 atom stereocenters. The van der Waals surface area contributed by atoms with Crippen molar-refractivity contribution in [1.29, 1.82) is 0 Å². The van der Waals surface area contributed by atoms with Crippen molar-refractivity contribution in [2.75, 3.05) is 5.32 Å². The first-order chi connectivity index (χ1) is 12.4. The number of amidine groups is 1. The quantitative estimate of drug-likeness (QED) is 0.284. The van der Waals surface area contributed by atoms with Crippen LogP contribution in [0.15, 0.2) is 54.1 Å². The van der Waals surface area contributed by atoms with Gasteiger partial charge in [-0.25, -0.2) is 9.67 Å². The molecular formula is C15H12F3N7O. The Balaban J connectivity index is 1.74. The van der Waals surface area contributed by atoms with E-state index < -0.39 is 11.7 Å². The molecule has 3 aromatic rings. The highest BCUT2D eigenvalue weighted by Crippen LogP contribution is 2.28. The number of rotatable bonds is 4. The van der Waals surface area contributed by atoms with Gasteiger partial charge in [-0.3, -0.25) is 4.98 Å². The minimum Gasteiger partial charge on any atom is -0.409 e. The molecule has 0 radical (unpaired) electrons. The number of hydrogen-bond acceptors (Lipinski definition) is 6. The minimum absolute atomic E-state index is 0.116. The molecule has 0 aliphatic rings. The number of oxime groups is 1. The third-order valence-electron chi connectivity index (χ3n) is 3.31. The molecule has 0 aliphatic carbocycles. The van der Waals surface area contributed by atoms with Gasteiger partial charge in [0.05, 0.1) is 17.4 Å². The van der Waals surface area contributed by atoms with Gasteiger partial charge in [0.15, 0.2) is 17.5 Å². The third-order valence-corrected chi connectivity index (χ3v) is 3.31. The second kappa shape index (κ2) is 6.70. The van der Waals surface area contributed by atoms with Gasteiger partial charge in [0, 0.05) is 18.5 Å². The molecule has 0 spiro atoms. The molecular weight excluding hydrogens is 351 g/mol. The highest BCUT2D eigenvalue weighted by atomic mass is 19.4. The van der Waals surface area contributed by atoms with Gasteiger partial charge in [-0.15, -0.1) is 5.10 Å². The molecule has 0 bridgehead atoms. The molecule has 0 aliphatic heterocycles. The van der Waals surface area contributed by atoms with E-state index >= 15 is 0 Å². The number of anilines is 2. The van der Waals surface area contributed by atoms with Gasteiger partial charge in [0.1, 0.15) is 5.69 Å². The van der Waals surface area contributed by atoms with Crippen molar-refractivity contribution in [2.24, 2.45) is 10.9 Å². The molecule has 3 rings (SSSR count). The summed E-state index contributed by atoms with van der Waals surface area (Å²) in [6.07, 6.45) is -0.676. The molecule has 0 amide bonds. The Morgan fingerprint density at radius 2 is 1.92 bits per heavy atom. The van der Waals surface area contributed by atoms with Crippen LogP contribution in [-0.4, -0.2) is 30.8 Å². The van der Waals surface area contributed by atoms with Crippen LogP contribution in [0.1, 0.15) is 11.3 Å². The maximum atomic E-state index is 12.6. The van der Waals surface area contributed by atoms with Crippen molar-refractivity contribution in [3.63, 3.8) is 0 Å². The summed E-state index contributed by atoms with van der Waals surface area (Å²) in [5.41, 5.74) is 5.49. The third kappa shape index (κ3) is 3.71. The standard InChI is InChI=1S/C15H12F3N7O/c16-15(17,18)9-1-4-13(21-7-9)25-6-5-12(23-25)22-10-2-3-11(20-8-10)14(19)24-26/h1-8,26H,(H2,19,24)(H,22,23). The zero-order chi connectivity index (χ0) is 18.7. The lowest BCUT2D eigenvalue weighted by Crippen LogP contribution is -2.14. The largest absolute Gasteiger partial charge is 0.417 e. The summed E-state index contributed by atoms with van der Waals surface area (Å²) in [5, 5.41) is 18.6. The Morgan fingerprint density at radius 1 is 1.12 bits per heavy atom. The molecule has 3 aromatic heterocycles. The van der Waals surface area contributed by atoms with Crippen molar-refractivity contribution in [3.8, 4) is 5.82 Å². The molecule has 3 heterocycles. The number of nitrogens with one attached hydrogen (secondary N) is 1. The van der Waals surface area contributed by atoms with Gasteiger partial charge < -0.3 is 16.3 Å². The lowest BCUT2D eigenvalue weighted by atomic mass is 10.3. The molecule has 0 aromatic carbocycles. The van der Waals surface area contributed by atoms with Gasteiger partial charge >= 0.3 is 6.18 Å². The molecule has 8 nitrogen and oxygen atoms in total. The van der Waals surface area contributed by atoms with Crippen LogP contribution < -0.4 is 11.1 Å². The van der Waals surface area contributed by atoms with Gasteiger partial charge in [0.2, 0.25) is 0 Å². The van der Waals surface area contributed by atoms with Crippen LogP contribution in [-0.2, 0) is 6.18 Å². The molecule has 0 fully saturated rings. The van der Waals surface area contributed by atoms with Gasteiger partial charge in [-0.1, -0.05) is 5.16 Å². The van der Waals surface area contributed by atoms with Crippen LogP contribution >= 0.6 is 0 Å². The first kappa shape index (κ1) is 17.2. The maximum Gasteiger partial charge on any atom is 0.417 e. The van der Waals surface area contributed by atoms with Gasteiger partial charge in [-0.05, 0) is 24.3 Å². The SMILES string of the molecule is N/C(=N\O)c1ccc(Nc2ccn(-c3ccc(C(F)(F)F)cn3)n2)cn1. The molecule has 0 saturated carbocycles. The van der Waals surface area contributed by atoms with Gasteiger partial charge in [-0.2, -0.15) is 13.2 Å². The topological polar surface area (TPSA) is 114 Å². The zero-order valence-corrected chi connectivity index (χ0v) is 13.0. The minimum atomic E-state index is -4.44. The van der Waals surface area contributed by atoms with Crippen molar-refractivity contribution in [2.45, 2.75) is 6.18 Å². The number of hydrogen-bond donors (Lipinski definition) is 3. The molecule has 0 saturated heterocycles. The Labute approximate surface area is 144 Å². The lowest BCUT2D eigenvalue weighted by Gasteiger charge is -2.07. The van der Waals surface area contributed by atoms with E-state index in [0.29, 0.717) is 17.2 Å². The van der Waals surface area contributed by atoms with E-state index in [1.165, 1.54) is 16.9 Å². The predicted molar refractivity (Wildman–Crippen MR) is 86.4 cm³/mol. The van der Waals surface area contributed by atoms with E-state index in [-0.39, 0.29) is 11.7 Å². The first-order valence-corrected chi connectivity index (χ1v) is 7.17. The fourth-order valence-corrected chi connectivity index (χ4v) is 2.03. The Hall–Kier alpha value is -3.63. The maximum absolute atomic E-state index is 12.6. The summed E-state index contributed by atoms with van der Waals surface area (Å²) < 4.78 is 39.0. The summed E-state index contributed by atoms with van der Waals surface area (Å²) in [6, 6.07) is 6.98. The summed E-state index contributed by atoms with van der Waals surface area (Å²) in [7, 11) is 0. The second-order valence-corrected chi connectivity index (χ2v) is 5.09. The van der Waals surface area contributed by atoms with E-state index in [9.17, 15) is 13.2 Å². The number of nitrogens with two attached hydrogens (primary N) is 1. The lowest BCUT2D eigenvalue weighted by molar-refractivity contribution is -0.137. The molecule has 26 heavy (non-hydrogen) atoms. The number of pyridine rings is 2. The van der Waals surface area contributed by atoms with E-state index in [0.717, 1.165) is 12.3 Å². The fourth-order valence-electron chi connectivity index (χ4n) is 2.03. The van der Waals surface area contributed by atoms with Crippen LogP contribution in [0.5, 0.6) is 0 Å². The number of alkyl halides is 3.